The van der Waals surface area contributed by atoms with Crippen molar-refractivity contribution in [2.24, 2.45) is 11.8 Å². The van der Waals surface area contributed by atoms with E-state index in [1.165, 1.54) is 18.2 Å². The number of rotatable bonds is 4. The average molecular weight is 367 g/mol. The highest BCUT2D eigenvalue weighted by Gasteiger charge is 2.48. The number of hydrogen-bond donors (Lipinski definition) is 2. The zero-order valence-electron chi connectivity index (χ0n) is 12.4. The molecule has 1 fully saturated rings. The van der Waals surface area contributed by atoms with Gasteiger partial charge < -0.3 is 10.6 Å². The number of para-hydroxylation sites is 1. The first-order valence-corrected chi connectivity index (χ1v) is 8.02. The monoisotopic (exact) mass is 366 g/mol. The number of benzene rings is 2. The van der Waals surface area contributed by atoms with Gasteiger partial charge in [0.05, 0.1) is 17.5 Å². The molecule has 2 aromatic carbocycles. The number of carbonyl (C=O) groups excluding carboxylic acids is 2. The molecule has 1 saturated carbocycles. The van der Waals surface area contributed by atoms with Gasteiger partial charge in [-0.2, -0.15) is 0 Å². The first-order valence-electron chi connectivity index (χ1n) is 7.26. The van der Waals surface area contributed by atoms with Gasteiger partial charge >= 0.3 is 0 Å². The predicted octanol–water partition coefficient (Wildman–Crippen LogP) is 4.35. The summed E-state index contributed by atoms with van der Waals surface area (Å²) in [7, 11) is 0. The maximum atomic E-state index is 13.5. The van der Waals surface area contributed by atoms with Gasteiger partial charge in [-0.25, -0.2) is 4.39 Å². The van der Waals surface area contributed by atoms with Crippen LogP contribution in [-0.4, -0.2) is 11.8 Å². The second-order valence-corrected chi connectivity index (χ2v) is 6.44. The third-order valence-electron chi connectivity index (χ3n) is 3.73. The Balaban J connectivity index is 1.59. The van der Waals surface area contributed by atoms with E-state index in [2.05, 4.69) is 10.6 Å². The van der Waals surface area contributed by atoms with Crippen molar-refractivity contribution in [2.45, 2.75) is 6.42 Å². The summed E-state index contributed by atoms with van der Waals surface area (Å²) in [5.41, 5.74) is 0.577. The minimum Gasteiger partial charge on any atom is -0.326 e. The zero-order chi connectivity index (χ0) is 17.3. The quantitative estimate of drug-likeness (QED) is 0.844. The lowest BCUT2D eigenvalue weighted by Gasteiger charge is -2.07. The molecule has 4 nitrogen and oxygen atoms in total. The van der Waals surface area contributed by atoms with Crippen LogP contribution in [0.15, 0.2) is 42.5 Å². The number of amides is 2. The summed E-state index contributed by atoms with van der Waals surface area (Å²) < 4.78 is 13.5. The van der Waals surface area contributed by atoms with E-state index in [0.29, 0.717) is 22.2 Å². The number of hydrogen-bond acceptors (Lipinski definition) is 2. The van der Waals surface area contributed by atoms with E-state index in [9.17, 15) is 14.0 Å². The Morgan fingerprint density at radius 3 is 2.17 bits per heavy atom. The van der Waals surface area contributed by atoms with Gasteiger partial charge in [-0.05, 0) is 36.8 Å². The van der Waals surface area contributed by atoms with Crippen LogP contribution in [0.5, 0.6) is 0 Å². The normalized spacial score (nSPS) is 18.8. The van der Waals surface area contributed by atoms with E-state index in [1.807, 2.05) is 0 Å². The molecule has 2 N–H and O–H groups in total. The lowest BCUT2D eigenvalue weighted by Crippen LogP contribution is -2.21. The fourth-order valence-corrected chi connectivity index (χ4v) is 2.95. The van der Waals surface area contributed by atoms with Gasteiger partial charge in [0.2, 0.25) is 11.8 Å². The third-order valence-corrected chi connectivity index (χ3v) is 4.16. The van der Waals surface area contributed by atoms with Crippen molar-refractivity contribution >= 4 is 46.4 Å². The fraction of sp³-hybridized carbons (Fsp3) is 0.176. The van der Waals surface area contributed by atoms with Crippen molar-refractivity contribution in [1.82, 2.24) is 0 Å². The number of nitrogens with one attached hydrogen (secondary N) is 2. The van der Waals surface area contributed by atoms with Crippen molar-refractivity contribution in [3.63, 3.8) is 0 Å². The summed E-state index contributed by atoms with van der Waals surface area (Å²) in [5.74, 6) is -2.10. The number of carbonyl (C=O) groups is 2. The first kappa shape index (κ1) is 16.7. The third kappa shape index (κ3) is 3.86. The summed E-state index contributed by atoms with van der Waals surface area (Å²) >= 11 is 11.8. The average Bonchev–Trinajstić information content (AvgIpc) is 3.29. The Kier molecular flexibility index (Phi) is 4.73. The van der Waals surface area contributed by atoms with Crippen LogP contribution in [0.25, 0.3) is 0 Å². The van der Waals surface area contributed by atoms with Crippen LogP contribution < -0.4 is 10.6 Å². The maximum Gasteiger partial charge on any atom is 0.228 e. The van der Waals surface area contributed by atoms with E-state index in [-0.39, 0.29) is 17.5 Å². The van der Waals surface area contributed by atoms with Crippen LogP contribution in [0, 0.1) is 17.7 Å². The van der Waals surface area contributed by atoms with E-state index in [1.54, 1.807) is 24.3 Å². The molecule has 1 aliphatic rings. The Bertz CT molecular complexity index is 793. The predicted molar refractivity (Wildman–Crippen MR) is 91.7 cm³/mol. The van der Waals surface area contributed by atoms with Gasteiger partial charge in [0, 0.05) is 15.7 Å². The van der Waals surface area contributed by atoms with Crippen molar-refractivity contribution in [2.75, 3.05) is 10.6 Å². The molecule has 2 unspecified atom stereocenters. The summed E-state index contributed by atoms with van der Waals surface area (Å²) in [6.45, 7) is 0. The van der Waals surface area contributed by atoms with Gasteiger partial charge in [0.15, 0.2) is 0 Å². The Morgan fingerprint density at radius 1 is 0.958 bits per heavy atom. The van der Waals surface area contributed by atoms with Gasteiger partial charge in [-0.1, -0.05) is 35.3 Å². The standard InChI is InChI=1S/C17H13Cl2FN2O2/c18-9-5-10(19)7-11(6-9)21-16(23)12-8-13(12)17(24)22-15-4-2-1-3-14(15)20/h1-7,12-13H,8H2,(H,21,23)(H,22,24). The Hall–Kier alpha value is -2.11. The Labute approximate surface area is 148 Å². The lowest BCUT2D eigenvalue weighted by molar-refractivity contribution is -0.122. The van der Waals surface area contributed by atoms with E-state index < -0.39 is 17.7 Å². The molecule has 24 heavy (non-hydrogen) atoms. The highest BCUT2D eigenvalue weighted by Crippen LogP contribution is 2.40. The van der Waals surface area contributed by atoms with Crippen LogP contribution in [0.2, 0.25) is 10.0 Å². The van der Waals surface area contributed by atoms with Crippen molar-refractivity contribution in [1.29, 1.82) is 0 Å². The molecule has 0 radical (unpaired) electrons. The van der Waals surface area contributed by atoms with E-state index in [4.69, 9.17) is 23.2 Å². The first-order chi connectivity index (χ1) is 11.4. The Morgan fingerprint density at radius 2 is 1.54 bits per heavy atom. The molecular formula is C17H13Cl2FN2O2. The summed E-state index contributed by atoms with van der Waals surface area (Å²) in [6.07, 6.45) is 0.417. The smallest absolute Gasteiger partial charge is 0.228 e. The largest absolute Gasteiger partial charge is 0.326 e. The highest BCUT2D eigenvalue weighted by atomic mass is 35.5. The van der Waals surface area contributed by atoms with Crippen molar-refractivity contribution in [3.05, 3.63) is 58.3 Å². The second-order valence-electron chi connectivity index (χ2n) is 5.57. The maximum absolute atomic E-state index is 13.5. The SMILES string of the molecule is O=C(Nc1cc(Cl)cc(Cl)c1)C1CC1C(=O)Nc1ccccc1F. The van der Waals surface area contributed by atoms with Crippen molar-refractivity contribution in [3.8, 4) is 0 Å². The minimum absolute atomic E-state index is 0.107. The molecule has 3 rings (SSSR count). The molecule has 0 heterocycles. The van der Waals surface area contributed by atoms with Crippen LogP contribution in [0.4, 0.5) is 15.8 Å². The molecule has 2 aromatic rings. The molecule has 1 aliphatic carbocycles. The fourth-order valence-electron chi connectivity index (χ4n) is 2.42. The van der Waals surface area contributed by atoms with E-state index in [0.717, 1.165) is 0 Å². The summed E-state index contributed by atoms with van der Waals surface area (Å²) in [5, 5.41) is 6.00. The van der Waals surface area contributed by atoms with Crippen LogP contribution >= 0.6 is 23.2 Å². The molecular weight excluding hydrogens is 354 g/mol. The molecule has 0 bridgehead atoms. The highest BCUT2D eigenvalue weighted by molar-refractivity contribution is 6.35. The topological polar surface area (TPSA) is 58.2 Å². The van der Waals surface area contributed by atoms with Crippen molar-refractivity contribution < 1.29 is 14.0 Å². The molecule has 124 valence electrons. The molecule has 0 aliphatic heterocycles. The molecule has 2 atom stereocenters. The summed E-state index contributed by atoms with van der Waals surface area (Å²) in [6, 6.07) is 10.6. The minimum atomic E-state index is -0.513. The van der Waals surface area contributed by atoms with E-state index >= 15 is 0 Å². The van der Waals surface area contributed by atoms with Crippen LogP contribution in [0.1, 0.15) is 6.42 Å². The van der Waals surface area contributed by atoms with Gasteiger partial charge in [0.1, 0.15) is 5.82 Å². The van der Waals surface area contributed by atoms with Crippen LogP contribution in [-0.2, 0) is 9.59 Å². The number of anilines is 2. The molecule has 0 aromatic heterocycles. The van der Waals surface area contributed by atoms with Gasteiger partial charge in [-0.15, -0.1) is 0 Å². The van der Waals surface area contributed by atoms with Gasteiger partial charge in [0.25, 0.3) is 0 Å². The lowest BCUT2D eigenvalue weighted by atomic mass is 10.2. The van der Waals surface area contributed by atoms with Crippen LogP contribution in [0.3, 0.4) is 0 Å². The molecule has 2 amide bonds. The molecule has 7 heteroatoms. The number of halogens is 3. The second kappa shape index (κ2) is 6.79. The summed E-state index contributed by atoms with van der Waals surface area (Å²) in [4.78, 5) is 24.3. The zero-order valence-corrected chi connectivity index (χ0v) is 13.9. The van der Waals surface area contributed by atoms with Gasteiger partial charge in [-0.3, -0.25) is 9.59 Å². The molecule has 0 saturated heterocycles. The molecule has 0 spiro atoms.